The van der Waals surface area contributed by atoms with E-state index in [1.807, 2.05) is 0 Å². The summed E-state index contributed by atoms with van der Waals surface area (Å²) in [6.07, 6.45) is 0.979. The Morgan fingerprint density at radius 1 is 1.62 bits per heavy atom. The summed E-state index contributed by atoms with van der Waals surface area (Å²) in [6, 6.07) is 2.34. The molecular weight excluding hydrogens is 164 g/mol. The molecule has 0 aliphatic carbocycles. The maximum atomic E-state index is 8.83. The van der Waals surface area contributed by atoms with Crippen LogP contribution in [0.25, 0.3) is 0 Å². The lowest BCUT2D eigenvalue weighted by Crippen LogP contribution is -2.40. The lowest BCUT2D eigenvalue weighted by atomic mass is 9.97. The van der Waals surface area contributed by atoms with Crippen molar-refractivity contribution >= 4 is 0 Å². The molecule has 1 fully saturated rings. The Morgan fingerprint density at radius 3 is 2.77 bits per heavy atom. The number of likely N-dealkylation sites (tertiary alicyclic amines) is 1. The van der Waals surface area contributed by atoms with Crippen molar-refractivity contribution in [1.82, 2.24) is 4.90 Å². The highest BCUT2D eigenvalue weighted by molar-refractivity contribution is 5.00. The van der Waals surface area contributed by atoms with E-state index >= 15 is 0 Å². The summed E-state index contributed by atoms with van der Waals surface area (Å²) in [4.78, 5) is 2.34. The van der Waals surface area contributed by atoms with Crippen molar-refractivity contribution in [3.8, 4) is 6.07 Å². The van der Waals surface area contributed by atoms with Crippen molar-refractivity contribution in [3.05, 3.63) is 0 Å². The largest absolute Gasteiger partial charge is 0.383 e. The number of nitriles is 1. The summed E-state index contributed by atoms with van der Waals surface area (Å²) >= 11 is 0. The van der Waals surface area contributed by atoms with Crippen LogP contribution < -0.4 is 0 Å². The summed E-state index contributed by atoms with van der Waals surface area (Å²) in [7, 11) is 1.71. The van der Waals surface area contributed by atoms with Gasteiger partial charge in [-0.05, 0) is 20.3 Å². The fourth-order valence-corrected chi connectivity index (χ4v) is 1.99. The van der Waals surface area contributed by atoms with E-state index in [0.29, 0.717) is 0 Å². The normalized spacial score (nSPS) is 27.4. The van der Waals surface area contributed by atoms with Crippen LogP contribution in [0.3, 0.4) is 0 Å². The SMILES string of the molecule is COCCN1CC(C#N)CC1(C)C. The molecule has 1 aliphatic rings. The third kappa shape index (κ3) is 2.43. The highest BCUT2D eigenvalue weighted by atomic mass is 16.5. The summed E-state index contributed by atoms with van der Waals surface area (Å²) < 4.78 is 5.04. The van der Waals surface area contributed by atoms with Crippen LogP contribution in [-0.2, 0) is 4.74 Å². The van der Waals surface area contributed by atoms with Gasteiger partial charge in [-0.15, -0.1) is 0 Å². The first kappa shape index (κ1) is 10.5. The van der Waals surface area contributed by atoms with Crippen molar-refractivity contribution in [2.24, 2.45) is 5.92 Å². The maximum absolute atomic E-state index is 8.83. The molecule has 0 saturated carbocycles. The van der Waals surface area contributed by atoms with E-state index < -0.39 is 0 Å². The minimum absolute atomic E-state index is 0.166. The Hall–Kier alpha value is -0.590. The molecule has 3 nitrogen and oxygen atoms in total. The number of nitrogens with zero attached hydrogens (tertiary/aromatic N) is 2. The Labute approximate surface area is 80.3 Å². The molecule has 74 valence electrons. The third-order valence-corrected chi connectivity index (χ3v) is 2.79. The second-order valence-corrected chi connectivity index (χ2v) is 4.28. The minimum atomic E-state index is 0.166. The van der Waals surface area contributed by atoms with Crippen LogP contribution in [-0.4, -0.2) is 37.2 Å². The summed E-state index contributed by atoms with van der Waals surface area (Å²) in [5.74, 6) is 0.201. The number of hydrogen-bond donors (Lipinski definition) is 0. The van der Waals surface area contributed by atoms with Crippen LogP contribution in [0.2, 0.25) is 0 Å². The molecular formula is C10H18N2O. The van der Waals surface area contributed by atoms with E-state index in [9.17, 15) is 0 Å². The van der Waals surface area contributed by atoms with Gasteiger partial charge in [0.15, 0.2) is 0 Å². The molecule has 3 heteroatoms. The summed E-state index contributed by atoms with van der Waals surface area (Å²) in [5.41, 5.74) is 0.166. The maximum Gasteiger partial charge on any atom is 0.0670 e. The van der Waals surface area contributed by atoms with Gasteiger partial charge in [0, 0.05) is 25.7 Å². The van der Waals surface area contributed by atoms with Crippen LogP contribution in [0, 0.1) is 17.2 Å². The predicted molar refractivity (Wildman–Crippen MR) is 51.2 cm³/mol. The number of ether oxygens (including phenoxy) is 1. The van der Waals surface area contributed by atoms with Gasteiger partial charge < -0.3 is 4.74 Å². The first-order chi connectivity index (χ1) is 6.10. The van der Waals surface area contributed by atoms with Gasteiger partial charge in [0.05, 0.1) is 18.6 Å². The number of methoxy groups -OCH3 is 1. The molecule has 1 heterocycles. The predicted octanol–water partition coefficient (Wildman–Crippen LogP) is 1.26. The highest BCUT2D eigenvalue weighted by Crippen LogP contribution is 2.31. The lowest BCUT2D eigenvalue weighted by Gasteiger charge is -2.30. The van der Waals surface area contributed by atoms with Gasteiger partial charge >= 0.3 is 0 Å². The van der Waals surface area contributed by atoms with Crippen molar-refractivity contribution in [2.75, 3.05) is 26.8 Å². The highest BCUT2D eigenvalue weighted by Gasteiger charge is 2.37. The van der Waals surface area contributed by atoms with E-state index in [4.69, 9.17) is 10.00 Å². The van der Waals surface area contributed by atoms with E-state index in [0.717, 1.165) is 26.1 Å². The average molecular weight is 182 g/mol. The molecule has 0 radical (unpaired) electrons. The zero-order chi connectivity index (χ0) is 9.90. The molecule has 0 bridgehead atoms. The Kier molecular flexibility index (Phi) is 3.29. The van der Waals surface area contributed by atoms with E-state index in [-0.39, 0.29) is 11.5 Å². The monoisotopic (exact) mass is 182 g/mol. The van der Waals surface area contributed by atoms with E-state index in [1.165, 1.54) is 0 Å². The van der Waals surface area contributed by atoms with Gasteiger partial charge in [0.2, 0.25) is 0 Å². The van der Waals surface area contributed by atoms with Crippen molar-refractivity contribution in [2.45, 2.75) is 25.8 Å². The first-order valence-electron chi connectivity index (χ1n) is 4.74. The summed E-state index contributed by atoms with van der Waals surface area (Å²) in [5, 5.41) is 8.83. The van der Waals surface area contributed by atoms with Crippen LogP contribution in [0.1, 0.15) is 20.3 Å². The number of rotatable bonds is 3. The van der Waals surface area contributed by atoms with Crippen LogP contribution in [0.4, 0.5) is 0 Å². The van der Waals surface area contributed by atoms with Gasteiger partial charge in [0.1, 0.15) is 0 Å². The second kappa shape index (κ2) is 4.08. The van der Waals surface area contributed by atoms with Gasteiger partial charge in [-0.3, -0.25) is 4.90 Å². The van der Waals surface area contributed by atoms with Crippen molar-refractivity contribution < 1.29 is 4.74 Å². The topological polar surface area (TPSA) is 36.3 Å². The molecule has 0 aromatic rings. The Morgan fingerprint density at radius 2 is 2.31 bits per heavy atom. The molecule has 0 aromatic carbocycles. The van der Waals surface area contributed by atoms with Gasteiger partial charge in [-0.25, -0.2) is 0 Å². The molecule has 1 unspecified atom stereocenters. The molecule has 1 atom stereocenters. The molecule has 1 aliphatic heterocycles. The smallest absolute Gasteiger partial charge is 0.0670 e. The average Bonchev–Trinajstić information content (AvgIpc) is 2.37. The molecule has 0 amide bonds. The molecule has 1 rings (SSSR count). The fourth-order valence-electron chi connectivity index (χ4n) is 1.99. The number of hydrogen-bond acceptors (Lipinski definition) is 3. The van der Waals surface area contributed by atoms with Gasteiger partial charge in [-0.2, -0.15) is 5.26 Å². The molecule has 1 saturated heterocycles. The minimum Gasteiger partial charge on any atom is -0.383 e. The quantitative estimate of drug-likeness (QED) is 0.659. The Balaban J connectivity index is 2.50. The second-order valence-electron chi connectivity index (χ2n) is 4.28. The zero-order valence-corrected chi connectivity index (χ0v) is 8.71. The molecule has 13 heavy (non-hydrogen) atoms. The zero-order valence-electron chi connectivity index (χ0n) is 8.71. The van der Waals surface area contributed by atoms with Crippen molar-refractivity contribution in [3.63, 3.8) is 0 Å². The first-order valence-corrected chi connectivity index (χ1v) is 4.74. The molecule has 0 aromatic heterocycles. The third-order valence-electron chi connectivity index (χ3n) is 2.79. The standard InChI is InChI=1S/C10H18N2O/c1-10(2)6-9(7-11)8-12(10)4-5-13-3/h9H,4-6,8H2,1-3H3. The van der Waals surface area contributed by atoms with E-state index in [1.54, 1.807) is 7.11 Å². The van der Waals surface area contributed by atoms with Crippen LogP contribution in [0.5, 0.6) is 0 Å². The Bertz CT molecular complexity index is 207. The van der Waals surface area contributed by atoms with Crippen LogP contribution >= 0.6 is 0 Å². The van der Waals surface area contributed by atoms with Crippen LogP contribution in [0.15, 0.2) is 0 Å². The van der Waals surface area contributed by atoms with Crippen molar-refractivity contribution in [1.29, 1.82) is 5.26 Å². The lowest BCUT2D eigenvalue weighted by molar-refractivity contribution is 0.109. The van der Waals surface area contributed by atoms with Gasteiger partial charge in [-0.1, -0.05) is 0 Å². The van der Waals surface area contributed by atoms with Gasteiger partial charge in [0.25, 0.3) is 0 Å². The molecule has 0 N–H and O–H groups in total. The summed E-state index contributed by atoms with van der Waals surface area (Å²) in [6.45, 7) is 6.97. The fraction of sp³-hybridized carbons (Fsp3) is 0.900. The van der Waals surface area contributed by atoms with E-state index in [2.05, 4.69) is 24.8 Å². The molecule has 0 spiro atoms.